The first-order valence-electron chi connectivity index (χ1n) is 11.1. The Morgan fingerprint density at radius 2 is 2.04 bits per heavy atom. The van der Waals surface area contributed by atoms with Crippen LogP contribution < -0.4 is 16.2 Å². The zero-order valence-corrected chi connectivity index (χ0v) is 16.6. The van der Waals surface area contributed by atoms with E-state index in [2.05, 4.69) is 26.1 Å². The summed E-state index contributed by atoms with van der Waals surface area (Å²) in [5, 5.41) is 3.37. The molecule has 3 N–H and O–H groups in total. The lowest BCUT2D eigenvalue weighted by Gasteiger charge is -2.35. The van der Waals surface area contributed by atoms with E-state index < -0.39 is 0 Å². The Kier molecular flexibility index (Phi) is 5.30. The molecule has 0 bridgehead atoms. The van der Waals surface area contributed by atoms with E-state index in [1.54, 1.807) is 0 Å². The van der Waals surface area contributed by atoms with Gasteiger partial charge in [0.15, 0.2) is 0 Å². The molecule has 5 rings (SSSR count). The fourth-order valence-corrected chi connectivity index (χ4v) is 5.50. The second kappa shape index (κ2) is 8.05. The molecular formula is C21H32N6O. The maximum atomic E-state index is 13.4. The number of piperidine rings is 1. The maximum absolute atomic E-state index is 13.4. The van der Waals surface area contributed by atoms with Gasteiger partial charge < -0.3 is 10.2 Å². The van der Waals surface area contributed by atoms with Crippen LogP contribution >= 0.6 is 0 Å². The Morgan fingerprint density at radius 3 is 3.00 bits per heavy atom. The second-order valence-electron chi connectivity index (χ2n) is 8.93. The van der Waals surface area contributed by atoms with Crippen molar-refractivity contribution in [3.05, 3.63) is 23.3 Å². The topological polar surface area (TPSA) is 82.2 Å². The van der Waals surface area contributed by atoms with E-state index in [0.29, 0.717) is 12.0 Å². The highest BCUT2D eigenvalue weighted by Gasteiger charge is 2.42. The first-order valence-corrected chi connectivity index (χ1v) is 11.1. The van der Waals surface area contributed by atoms with E-state index in [9.17, 15) is 4.79 Å². The smallest absolute Gasteiger partial charge is 0.241 e. The molecule has 4 aliphatic rings. The molecule has 0 aromatic carbocycles. The summed E-state index contributed by atoms with van der Waals surface area (Å²) in [4.78, 5) is 25.0. The van der Waals surface area contributed by atoms with E-state index in [4.69, 9.17) is 4.98 Å². The summed E-state index contributed by atoms with van der Waals surface area (Å²) in [5.74, 6) is 1.90. The third kappa shape index (κ3) is 3.55. The zero-order valence-electron chi connectivity index (χ0n) is 16.6. The van der Waals surface area contributed by atoms with Crippen molar-refractivity contribution in [1.29, 1.82) is 0 Å². The normalized spacial score (nSPS) is 33.1. The molecule has 3 fully saturated rings. The van der Waals surface area contributed by atoms with Crippen LogP contribution in [0, 0.1) is 5.92 Å². The summed E-state index contributed by atoms with van der Waals surface area (Å²) < 4.78 is 0. The van der Waals surface area contributed by atoms with Gasteiger partial charge in [-0.05, 0) is 25.7 Å². The van der Waals surface area contributed by atoms with Gasteiger partial charge >= 0.3 is 0 Å². The molecule has 28 heavy (non-hydrogen) atoms. The lowest BCUT2D eigenvalue weighted by Crippen LogP contribution is -2.50. The predicted octanol–water partition coefficient (Wildman–Crippen LogP) is 1.25. The van der Waals surface area contributed by atoms with E-state index in [0.717, 1.165) is 57.7 Å². The molecule has 7 nitrogen and oxygen atoms in total. The SMILES string of the molecule is O=C(C1NNC2CCCCCC21)N1CCCC(c2ncc3c(n2)CCNC3)C1. The molecule has 4 atom stereocenters. The number of hydrazine groups is 1. The Balaban J connectivity index is 1.28. The Hall–Kier alpha value is -1.57. The number of nitrogens with zero attached hydrogens (tertiary/aromatic N) is 3. The molecule has 3 aliphatic heterocycles. The van der Waals surface area contributed by atoms with Crippen LogP contribution in [0.15, 0.2) is 6.20 Å². The van der Waals surface area contributed by atoms with Crippen molar-refractivity contribution in [2.24, 2.45) is 5.92 Å². The van der Waals surface area contributed by atoms with Gasteiger partial charge in [0.25, 0.3) is 0 Å². The van der Waals surface area contributed by atoms with Crippen LogP contribution in [0.5, 0.6) is 0 Å². The van der Waals surface area contributed by atoms with Crippen LogP contribution in [0.4, 0.5) is 0 Å². The molecular weight excluding hydrogens is 352 g/mol. The lowest BCUT2D eigenvalue weighted by molar-refractivity contribution is -0.135. The first-order chi connectivity index (χ1) is 13.8. The summed E-state index contributed by atoms with van der Waals surface area (Å²) in [6.45, 7) is 3.47. The summed E-state index contributed by atoms with van der Waals surface area (Å²) in [6, 6.07) is 0.381. The molecule has 1 saturated carbocycles. The highest BCUT2D eigenvalue weighted by Crippen LogP contribution is 2.32. The minimum atomic E-state index is -0.0719. The van der Waals surface area contributed by atoms with Gasteiger partial charge in [0, 0.05) is 67.9 Å². The number of nitrogens with one attached hydrogen (secondary N) is 3. The zero-order chi connectivity index (χ0) is 18.9. The monoisotopic (exact) mass is 384 g/mol. The number of carbonyl (C=O) groups is 1. The van der Waals surface area contributed by atoms with Crippen molar-refractivity contribution in [3.63, 3.8) is 0 Å². The molecule has 0 spiro atoms. The highest BCUT2D eigenvalue weighted by atomic mass is 16.2. The summed E-state index contributed by atoms with van der Waals surface area (Å²) >= 11 is 0. The van der Waals surface area contributed by atoms with E-state index in [1.165, 1.54) is 36.9 Å². The number of aromatic nitrogens is 2. The van der Waals surface area contributed by atoms with Crippen LogP contribution in [-0.2, 0) is 17.8 Å². The van der Waals surface area contributed by atoms with Crippen LogP contribution in [0.3, 0.4) is 0 Å². The predicted molar refractivity (Wildman–Crippen MR) is 106 cm³/mol. The molecule has 7 heteroatoms. The van der Waals surface area contributed by atoms with Gasteiger partial charge in [-0.3, -0.25) is 10.2 Å². The molecule has 1 amide bonds. The van der Waals surface area contributed by atoms with Gasteiger partial charge in [-0.2, -0.15) is 0 Å². The van der Waals surface area contributed by atoms with Crippen molar-refractivity contribution in [3.8, 4) is 0 Å². The Labute approximate surface area is 167 Å². The van der Waals surface area contributed by atoms with Crippen molar-refractivity contribution in [1.82, 2.24) is 31.0 Å². The molecule has 0 radical (unpaired) electrons. The van der Waals surface area contributed by atoms with Gasteiger partial charge in [-0.25, -0.2) is 15.4 Å². The molecule has 1 aliphatic carbocycles. The molecule has 2 saturated heterocycles. The molecule has 152 valence electrons. The van der Waals surface area contributed by atoms with Gasteiger partial charge in [-0.15, -0.1) is 0 Å². The fourth-order valence-electron chi connectivity index (χ4n) is 5.50. The quantitative estimate of drug-likeness (QED) is 0.712. The standard InChI is InChI=1S/C21H32N6O/c28-21(19-16-6-2-1-3-7-18(16)25-26-19)27-10-4-5-14(13-27)20-23-12-15-11-22-9-8-17(15)24-20/h12,14,16,18-19,22,25-26H,1-11,13H2. The number of amides is 1. The largest absolute Gasteiger partial charge is 0.341 e. The van der Waals surface area contributed by atoms with Gasteiger partial charge in [-0.1, -0.05) is 19.3 Å². The van der Waals surface area contributed by atoms with Gasteiger partial charge in [0.05, 0.1) is 0 Å². The number of rotatable bonds is 2. The fraction of sp³-hybridized carbons (Fsp3) is 0.762. The van der Waals surface area contributed by atoms with Crippen molar-refractivity contribution in [2.45, 2.75) is 75.9 Å². The molecule has 1 aromatic rings. The van der Waals surface area contributed by atoms with Crippen LogP contribution in [0.25, 0.3) is 0 Å². The number of hydrogen-bond donors (Lipinski definition) is 3. The minimum Gasteiger partial charge on any atom is -0.341 e. The van der Waals surface area contributed by atoms with Crippen LogP contribution in [-0.4, -0.2) is 52.5 Å². The summed E-state index contributed by atoms with van der Waals surface area (Å²) in [5.41, 5.74) is 9.17. The molecule has 4 unspecified atom stereocenters. The summed E-state index contributed by atoms with van der Waals surface area (Å²) in [7, 11) is 0. The Bertz CT molecular complexity index is 725. The average molecular weight is 385 g/mol. The van der Waals surface area contributed by atoms with E-state index in [-0.39, 0.29) is 17.9 Å². The summed E-state index contributed by atoms with van der Waals surface area (Å²) in [6.07, 6.45) is 11.2. The Morgan fingerprint density at radius 1 is 1.11 bits per heavy atom. The third-order valence-corrected chi connectivity index (χ3v) is 7.11. The first kappa shape index (κ1) is 18.5. The van der Waals surface area contributed by atoms with E-state index in [1.807, 2.05) is 6.20 Å². The third-order valence-electron chi connectivity index (χ3n) is 7.11. The van der Waals surface area contributed by atoms with Crippen molar-refractivity contribution in [2.75, 3.05) is 19.6 Å². The van der Waals surface area contributed by atoms with E-state index >= 15 is 0 Å². The lowest BCUT2D eigenvalue weighted by atomic mass is 9.88. The number of likely N-dealkylation sites (tertiary alicyclic amines) is 1. The van der Waals surface area contributed by atoms with Crippen molar-refractivity contribution < 1.29 is 4.79 Å². The van der Waals surface area contributed by atoms with Gasteiger partial charge in [0.2, 0.25) is 5.91 Å². The van der Waals surface area contributed by atoms with Crippen molar-refractivity contribution >= 4 is 5.91 Å². The van der Waals surface area contributed by atoms with Gasteiger partial charge in [0.1, 0.15) is 11.9 Å². The average Bonchev–Trinajstić information content (AvgIpc) is 3.01. The molecule has 1 aromatic heterocycles. The van der Waals surface area contributed by atoms with Crippen LogP contribution in [0.2, 0.25) is 0 Å². The molecule has 4 heterocycles. The minimum absolute atomic E-state index is 0.0719. The number of fused-ring (bicyclic) bond motifs is 2. The second-order valence-corrected chi connectivity index (χ2v) is 8.93. The van der Waals surface area contributed by atoms with Crippen LogP contribution in [0.1, 0.15) is 67.9 Å². The highest BCUT2D eigenvalue weighted by molar-refractivity contribution is 5.82. The number of hydrogen-bond acceptors (Lipinski definition) is 6. The number of carbonyl (C=O) groups excluding carboxylic acids is 1. The maximum Gasteiger partial charge on any atom is 0.241 e.